The molecule has 1 unspecified atom stereocenters. The molecule has 1 saturated carbocycles. The number of hydrogen-bond acceptors (Lipinski definition) is 8. The third-order valence-electron chi connectivity index (χ3n) is 8.34. The van der Waals surface area contributed by atoms with Crippen molar-refractivity contribution in [2.45, 2.75) is 45.3 Å². The maximum atomic E-state index is 13.7. The van der Waals surface area contributed by atoms with Gasteiger partial charge in [-0.3, -0.25) is 9.78 Å². The van der Waals surface area contributed by atoms with Crippen molar-refractivity contribution in [3.63, 3.8) is 0 Å². The number of aryl methyl sites for hydroxylation is 2. The van der Waals surface area contributed by atoms with Gasteiger partial charge in [-0.15, -0.1) is 0 Å². The summed E-state index contributed by atoms with van der Waals surface area (Å²) in [5.74, 6) is 1.78. The SMILES string of the molecule is Cc1cc2cc(n1)-c1cnn(C)c1OCCC[C@@H](C1CC1)CN1c3cc(NCCCN(C)C)ccc3NC1NC2=O. The second-order valence-corrected chi connectivity index (χ2v) is 11.9. The number of hydrogen-bond donors (Lipinski definition) is 3. The Morgan fingerprint density at radius 1 is 1.12 bits per heavy atom. The molecule has 6 rings (SSSR count). The van der Waals surface area contributed by atoms with E-state index in [1.54, 1.807) is 10.9 Å². The van der Waals surface area contributed by atoms with Crippen molar-refractivity contribution in [2.75, 3.05) is 55.9 Å². The molecule has 1 amide bonds. The van der Waals surface area contributed by atoms with Gasteiger partial charge in [-0.25, -0.2) is 4.68 Å². The smallest absolute Gasteiger partial charge is 0.254 e. The van der Waals surface area contributed by atoms with Crippen LogP contribution in [0.4, 0.5) is 17.1 Å². The fourth-order valence-electron chi connectivity index (χ4n) is 6.04. The lowest BCUT2D eigenvalue weighted by Crippen LogP contribution is -2.51. The first-order chi connectivity index (χ1) is 19.9. The van der Waals surface area contributed by atoms with Crippen LogP contribution in [-0.2, 0) is 7.05 Å². The van der Waals surface area contributed by atoms with Crippen LogP contribution in [0.25, 0.3) is 11.3 Å². The van der Waals surface area contributed by atoms with Crippen molar-refractivity contribution in [3.8, 4) is 17.1 Å². The molecule has 0 radical (unpaired) electrons. The summed E-state index contributed by atoms with van der Waals surface area (Å²) < 4.78 is 8.04. The van der Waals surface area contributed by atoms with E-state index >= 15 is 0 Å². The molecular weight excluding hydrogens is 516 g/mol. The highest BCUT2D eigenvalue weighted by molar-refractivity contribution is 5.96. The number of aromatic nitrogens is 3. The molecule has 1 aliphatic carbocycles. The Kier molecular flexibility index (Phi) is 7.75. The van der Waals surface area contributed by atoms with Crippen LogP contribution in [0.2, 0.25) is 0 Å². The number of rotatable bonds is 6. The topological polar surface area (TPSA) is 99.6 Å². The zero-order chi connectivity index (χ0) is 28.5. The Morgan fingerprint density at radius 2 is 1.98 bits per heavy atom. The maximum absolute atomic E-state index is 13.7. The predicted octanol–water partition coefficient (Wildman–Crippen LogP) is 4.30. The van der Waals surface area contributed by atoms with E-state index in [1.807, 2.05) is 26.1 Å². The molecule has 0 spiro atoms. The molecule has 218 valence electrons. The third-order valence-corrected chi connectivity index (χ3v) is 8.34. The summed E-state index contributed by atoms with van der Waals surface area (Å²) in [4.78, 5) is 23.0. The molecule has 3 N–H and O–H groups in total. The van der Waals surface area contributed by atoms with Crippen molar-refractivity contribution < 1.29 is 9.53 Å². The van der Waals surface area contributed by atoms with Crippen molar-refractivity contribution in [1.82, 2.24) is 25.0 Å². The molecule has 2 bridgehead atoms. The van der Waals surface area contributed by atoms with Gasteiger partial charge < -0.3 is 30.5 Å². The highest BCUT2D eigenvalue weighted by atomic mass is 16.5. The molecule has 2 atom stereocenters. The van der Waals surface area contributed by atoms with E-state index in [0.29, 0.717) is 35.6 Å². The van der Waals surface area contributed by atoms with E-state index in [1.165, 1.54) is 12.8 Å². The minimum absolute atomic E-state index is 0.140. The lowest BCUT2D eigenvalue weighted by atomic mass is 9.97. The molecule has 1 fully saturated rings. The quantitative estimate of drug-likeness (QED) is 0.385. The van der Waals surface area contributed by atoms with Crippen LogP contribution in [0.15, 0.2) is 36.5 Å². The molecule has 10 nitrogen and oxygen atoms in total. The van der Waals surface area contributed by atoms with Crippen LogP contribution in [0.1, 0.15) is 48.2 Å². The summed E-state index contributed by atoms with van der Waals surface area (Å²) in [6.07, 6.45) is 7.07. The minimum atomic E-state index is -0.338. The molecule has 41 heavy (non-hydrogen) atoms. The summed E-state index contributed by atoms with van der Waals surface area (Å²) in [5, 5.41) is 14.9. The van der Waals surface area contributed by atoms with Gasteiger partial charge in [-0.1, -0.05) is 0 Å². The fourth-order valence-corrected chi connectivity index (χ4v) is 6.04. The molecule has 0 saturated heterocycles. The number of benzene rings is 1. The standard InChI is InChI=1S/C31H42N8O2/c1-20-15-23-16-27(34-20)25-18-33-38(4)30(25)41-14-5-7-22(21-8-9-21)19-39-28-17-24(32-12-6-13-37(2)3)10-11-26(28)35-31(39)36-29(23)40/h10-11,15-18,21-22,31-32,35H,5-9,12-14,19H2,1-4H3,(H,36,40)/t22-,31?/m1/s1. The Labute approximate surface area is 242 Å². The predicted molar refractivity (Wildman–Crippen MR) is 162 cm³/mol. The van der Waals surface area contributed by atoms with Crippen LogP contribution in [0, 0.1) is 18.8 Å². The van der Waals surface area contributed by atoms with Crippen LogP contribution < -0.4 is 25.6 Å². The van der Waals surface area contributed by atoms with E-state index in [4.69, 9.17) is 9.72 Å². The van der Waals surface area contributed by atoms with Gasteiger partial charge in [0.1, 0.15) is 0 Å². The summed E-state index contributed by atoms with van der Waals surface area (Å²) in [5.41, 5.74) is 6.10. The first-order valence-electron chi connectivity index (χ1n) is 14.9. The second-order valence-electron chi connectivity index (χ2n) is 11.9. The Hall–Kier alpha value is -3.79. The van der Waals surface area contributed by atoms with E-state index in [-0.39, 0.29) is 12.2 Å². The lowest BCUT2D eigenvalue weighted by molar-refractivity contribution is 0.0940. The molecule has 3 aromatic rings. The van der Waals surface area contributed by atoms with Gasteiger partial charge in [0.25, 0.3) is 5.91 Å². The Balaban J connectivity index is 1.30. The zero-order valence-corrected chi connectivity index (χ0v) is 24.6. The number of nitrogens with one attached hydrogen (secondary N) is 3. The number of amides is 1. The molecule has 10 heteroatoms. The Bertz CT molecular complexity index is 1400. The highest BCUT2D eigenvalue weighted by Crippen LogP contribution is 2.43. The van der Waals surface area contributed by atoms with Gasteiger partial charge in [-0.2, -0.15) is 5.10 Å². The van der Waals surface area contributed by atoms with E-state index < -0.39 is 0 Å². The zero-order valence-electron chi connectivity index (χ0n) is 24.6. The van der Waals surface area contributed by atoms with Crippen molar-refractivity contribution in [3.05, 3.63) is 47.8 Å². The van der Waals surface area contributed by atoms with Crippen LogP contribution in [0.3, 0.4) is 0 Å². The molecule has 2 aliphatic heterocycles. The van der Waals surface area contributed by atoms with Gasteiger partial charge >= 0.3 is 0 Å². The molecule has 2 aromatic heterocycles. The van der Waals surface area contributed by atoms with Crippen molar-refractivity contribution in [1.29, 1.82) is 0 Å². The van der Waals surface area contributed by atoms with E-state index in [2.05, 4.69) is 63.1 Å². The normalized spacial score (nSPS) is 20.6. The second kappa shape index (κ2) is 11.6. The minimum Gasteiger partial charge on any atom is -0.477 e. The maximum Gasteiger partial charge on any atom is 0.254 e. The first-order valence-corrected chi connectivity index (χ1v) is 14.9. The van der Waals surface area contributed by atoms with Gasteiger partial charge in [-0.05, 0) is 102 Å². The molecule has 1 aromatic carbocycles. The number of ether oxygens (including phenoxy) is 1. The Morgan fingerprint density at radius 3 is 2.78 bits per heavy atom. The average Bonchev–Trinajstić information content (AvgIpc) is 3.65. The number of nitrogens with zero attached hydrogens (tertiary/aromatic N) is 5. The number of carbonyl (C=O) groups excluding carboxylic acids is 1. The van der Waals surface area contributed by atoms with Crippen LogP contribution in [0.5, 0.6) is 5.88 Å². The van der Waals surface area contributed by atoms with Crippen molar-refractivity contribution >= 4 is 23.0 Å². The summed E-state index contributed by atoms with van der Waals surface area (Å²) >= 11 is 0. The van der Waals surface area contributed by atoms with Crippen LogP contribution in [-0.4, -0.2) is 72.2 Å². The van der Waals surface area contributed by atoms with Crippen molar-refractivity contribution in [2.24, 2.45) is 18.9 Å². The average molecular weight is 559 g/mol. The summed E-state index contributed by atoms with van der Waals surface area (Å²) in [7, 11) is 6.08. The van der Waals surface area contributed by atoms with Gasteiger partial charge in [0, 0.05) is 37.1 Å². The molecular formula is C31H42N8O2. The van der Waals surface area contributed by atoms with E-state index in [9.17, 15) is 4.79 Å². The van der Waals surface area contributed by atoms with Gasteiger partial charge in [0.15, 0.2) is 6.29 Å². The van der Waals surface area contributed by atoms with E-state index in [0.717, 1.165) is 67.2 Å². The number of carbonyl (C=O) groups is 1. The number of anilines is 3. The summed E-state index contributed by atoms with van der Waals surface area (Å²) in [6.45, 7) is 5.36. The number of fused-ring (bicyclic) bond motifs is 7. The number of pyridine rings is 1. The molecule has 4 heterocycles. The molecule has 3 aliphatic rings. The fraction of sp³-hybridized carbons (Fsp3) is 0.516. The van der Waals surface area contributed by atoms with Gasteiger partial charge in [0.2, 0.25) is 5.88 Å². The highest BCUT2D eigenvalue weighted by Gasteiger charge is 2.37. The third kappa shape index (κ3) is 6.12. The lowest BCUT2D eigenvalue weighted by Gasteiger charge is -2.31. The monoisotopic (exact) mass is 558 g/mol. The van der Waals surface area contributed by atoms with Gasteiger partial charge in [0.05, 0.1) is 35.4 Å². The van der Waals surface area contributed by atoms with Crippen LogP contribution >= 0.6 is 0 Å². The summed E-state index contributed by atoms with van der Waals surface area (Å²) in [6, 6.07) is 10.1. The first kappa shape index (κ1) is 27.4. The largest absolute Gasteiger partial charge is 0.477 e.